The van der Waals surface area contributed by atoms with Gasteiger partial charge in [-0.2, -0.15) is 0 Å². The van der Waals surface area contributed by atoms with E-state index >= 15 is 0 Å². The average molecular weight is 210 g/mol. The lowest BCUT2D eigenvalue weighted by Crippen LogP contribution is -2.10. The third-order valence-corrected chi connectivity index (χ3v) is 2.70. The van der Waals surface area contributed by atoms with E-state index in [1.54, 1.807) is 7.11 Å². The van der Waals surface area contributed by atoms with Gasteiger partial charge < -0.3 is 10.5 Å². The molecule has 1 aromatic rings. The molecule has 1 aromatic heterocycles. The van der Waals surface area contributed by atoms with Crippen molar-refractivity contribution in [2.45, 2.75) is 31.7 Å². The molecule has 0 spiro atoms. The van der Waals surface area contributed by atoms with Crippen molar-refractivity contribution >= 4 is 0 Å². The van der Waals surface area contributed by atoms with E-state index < -0.39 is 0 Å². The van der Waals surface area contributed by atoms with Gasteiger partial charge in [0.2, 0.25) is 0 Å². The van der Waals surface area contributed by atoms with Crippen molar-refractivity contribution in [3.05, 3.63) is 11.4 Å². The Morgan fingerprint density at radius 1 is 1.53 bits per heavy atom. The first-order valence-corrected chi connectivity index (χ1v) is 5.48. The number of nitrogens with two attached hydrogens (primary N) is 1. The highest BCUT2D eigenvalue weighted by Gasteiger charge is 2.30. The molecule has 1 fully saturated rings. The Kier molecular flexibility index (Phi) is 3.33. The zero-order valence-electron chi connectivity index (χ0n) is 9.15. The van der Waals surface area contributed by atoms with Crippen LogP contribution >= 0.6 is 0 Å². The number of hydrogen-bond donors (Lipinski definition) is 1. The topological polar surface area (TPSA) is 66.0 Å². The number of nitrogens with zero attached hydrogens (tertiary/aromatic N) is 3. The highest BCUT2D eigenvalue weighted by atomic mass is 16.5. The van der Waals surface area contributed by atoms with Crippen LogP contribution in [0.4, 0.5) is 0 Å². The van der Waals surface area contributed by atoms with Gasteiger partial charge in [0.25, 0.3) is 0 Å². The number of aromatic nitrogens is 3. The van der Waals surface area contributed by atoms with Gasteiger partial charge in [0, 0.05) is 19.4 Å². The Morgan fingerprint density at radius 2 is 2.33 bits per heavy atom. The summed E-state index contributed by atoms with van der Waals surface area (Å²) in [6, 6.07) is 0. The molecular formula is C10H18N4O. The second-order valence-corrected chi connectivity index (χ2v) is 3.95. The van der Waals surface area contributed by atoms with E-state index in [2.05, 4.69) is 10.3 Å². The van der Waals surface area contributed by atoms with Gasteiger partial charge >= 0.3 is 0 Å². The molecule has 15 heavy (non-hydrogen) atoms. The number of rotatable bonds is 6. The first kappa shape index (κ1) is 10.6. The average Bonchev–Trinajstić information content (AvgIpc) is 3.00. The molecule has 2 rings (SSSR count). The van der Waals surface area contributed by atoms with Crippen LogP contribution in [0, 0.1) is 0 Å². The third-order valence-electron chi connectivity index (χ3n) is 2.70. The Hall–Kier alpha value is -0.940. The van der Waals surface area contributed by atoms with Crippen LogP contribution in [-0.2, 0) is 17.7 Å². The third kappa shape index (κ3) is 2.35. The lowest BCUT2D eigenvalue weighted by molar-refractivity contribution is 0.182. The van der Waals surface area contributed by atoms with Gasteiger partial charge in [0.15, 0.2) is 0 Å². The van der Waals surface area contributed by atoms with Crippen LogP contribution < -0.4 is 5.73 Å². The minimum absolute atomic E-state index is 0.642. The predicted octanol–water partition coefficient (Wildman–Crippen LogP) is 0.303. The molecule has 1 aliphatic rings. The first-order valence-electron chi connectivity index (χ1n) is 5.48. The smallest absolute Gasteiger partial charge is 0.0874 e. The van der Waals surface area contributed by atoms with E-state index in [4.69, 9.17) is 10.5 Å². The van der Waals surface area contributed by atoms with Crippen molar-refractivity contribution in [2.24, 2.45) is 5.73 Å². The zero-order chi connectivity index (χ0) is 10.7. The van der Waals surface area contributed by atoms with E-state index in [0.717, 1.165) is 18.7 Å². The molecule has 0 unspecified atom stereocenters. The fourth-order valence-electron chi connectivity index (χ4n) is 1.82. The number of methoxy groups -OCH3 is 1. The van der Waals surface area contributed by atoms with Crippen molar-refractivity contribution in [1.29, 1.82) is 0 Å². The van der Waals surface area contributed by atoms with Gasteiger partial charge in [-0.3, -0.25) is 0 Å². The maximum absolute atomic E-state index is 5.56. The summed E-state index contributed by atoms with van der Waals surface area (Å²) in [4.78, 5) is 0. The molecule has 84 valence electrons. The molecular weight excluding hydrogens is 192 g/mol. The maximum Gasteiger partial charge on any atom is 0.0874 e. The first-order chi connectivity index (χ1) is 7.36. The predicted molar refractivity (Wildman–Crippen MR) is 56.6 cm³/mol. The Labute approximate surface area is 89.6 Å². The van der Waals surface area contributed by atoms with Crippen LogP contribution in [0.15, 0.2) is 0 Å². The molecule has 2 N–H and O–H groups in total. The minimum atomic E-state index is 0.642. The van der Waals surface area contributed by atoms with E-state index in [1.807, 2.05) is 4.68 Å². The van der Waals surface area contributed by atoms with Crippen LogP contribution in [0.5, 0.6) is 0 Å². The van der Waals surface area contributed by atoms with Crippen molar-refractivity contribution in [2.75, 3.05) is 20.3 Å². The summed E-state index contributed by atoms with van der Waals surface area (Å²) in [7, 11) is 1.70. The van der Waals surface area contributed by atoms with Gasteiger partial charge in [-0.1, -0.05) is 5.21 Å². The standard InChI is InChI=1S/C10H18N4O/c1-15-7-6-14-10(8-2-3-8)9(4-5-11)12-13-14/h8H,2-7,11H2,1H3. The van der Waals surface area contributed by atoms with Crippen molar-refractivity contribution < 1.29 is 4.74 Å². The quantitative estimate of drug-likeness (QED) is 0.733. The fourth-order valence-corrected chi connectivity index (χ4v) is 1.82. The second kappa shape index (κ2) is 4.72. The van der Waals surface area contributed by atoms with Gasteiger partial charge in [0.1, 0.15) is 0 Å². The van der Waals surface area contributed by atoms with Crippen LogP contribution in [0.3, 0.4) is 0 Å². The number of hydrogen-bond acceptors (Lipinski definition) is 4. The Balaban J connectivity index is 2.13. The highest BCUT2D eigenvalue weighted by Crippen LogP contribution is 2.41. The van der Waals surface area contributed by atoms with E-state index in [1.165, 1.54) is 18.5 Å². The van der Waals surface area contributed by atoms with Crippen LogP contribution in [0.25, 0.3) is 0 Å². The summed E-state index contributed by atoms with van der Waals surface area (Å²) < 4.78 is 7.04. The summed E-state index contributed by atoms with van der Waals surface area (Å²) in [5, 5.41) is 8.36. The molecule has 5 heteroatoms. The summed E-state index contributed by atoms with van der Waals surface area (Å²) >= 11 is 0. The number of ether oxygens (including phenoxy) is 1. The maximum atomic E-state index is 5.56. The largest absolute Gasteiger partial charge is 0.383 e. The fraction of sp³-hybridized carbons (Fsp3) is 0.800. The monoisotopic (exact) mass is 210 g/mol. The molecule has 5 nitrogen and oxygen atoms in total. The summed E-state index contributed by atoms with van der Waals surface area (Å²) in [5.41, 5.74) is 7.93. The van der Waals surface area contributed by atoms with Gasteiger partial charge in [-0.05, 0) is 19.4 Å². The van der Waals surface area contributed by atoms with E-state index in [9.17, 15) is 0 Å². The SMILES string of the molecule is COCCn1nnc(CCN)c1C1CC1. The molecule has 0 saturated heterocycles. The summed E-state index contributed by atoms with van der Waals surface area (Å²) in [5.74, 6) is 0.665. The molecule has 1 aliphatic carbocycles. The van der Waals surface area contributed by atoms with Crippen LogP contribution in [0.1, 0.15) is 30.1 Å². The van der Waals surface area contributed by atoms with Crippen molar-refractivity contribution in [3.8, 4) is 0 Å². The summed E-state index contributed by atoms with van der Waals surface area (Å²) in [6.07, 6.45) is 3.36. The zero-order valence-corrected chi connectivity index (χ0v) is 9.15. The lowest BCUT2D eigenvalue weighted by atomic mass is 10.2. The molecule has 0 atom stereocenters. The normalized spacial score (nSPS) is 15.9. The van der Waals surface area contributed by atoms with E-state index in [0.29, 0.717) is 19.1 Å². The molecule has 0 amide bonds. The highest BCUT2D eigenvalue weighted by molar-refractivity contribution is 5.20. The Bertz CT molecular complexity index is 319. The Morgan fingerprint density at radius 3 is 2.93 bits per heavy atom. The van der Waals surface area contributed by atoms with Crippen molar-refractivity contribution in [1.82, 2.24) is 15.0 Å². The molecule has 0 bridgehead atoms. The van der Waals surface area contributed by atoms with Crippen molar-refractivity contribution in [3.63, 3.8) is 0 Å². The van der Waals surface area contributed by atoms with Gasteiger partial charge in [0.05, 0.1) is 24.5 Å². The molecule has 0 aromatic carbocycles. The van der Waals surface area contributed by atoms with Gasteiger partial charge in [-0.15, -0.1) is 5.10 Å². The molecule has 0 aliphatic heterocycles. The molecule has 1 heterocycles. The minimum Gasteiger partial charge on any atom is -0.383 e. The van der Waals surface area contributed by atoms with Crippen LogP contribution in [0.2, 0.25) is 0 Å². The molecule has 0 radical (unpaired) electrons. The second-order valence-electron chi connectivity index (χ2n) is 3.95. The van der Waals surface area contributed by atoms with Crippen LogP contribution in [-0.4, -0.2) is 35.3 Å². The molecule has 1 saturated carbocycles. The lowest BCUT2D eigenvalue weighted by Gasteiger charge is -2.05. The van der Waals surface area contributed by atoms with Gasteiger partial charge in [-0.25, -0.2) is 4.68 Å². The summed E-state index contributed by atoms with van der Waals surface area (Å²) in [6.45, 7) is 2.12. The van der Waals surface area contributed by atoms with E-state index in [-0.39, 0.29) is 0 Å².